The summed E-state index contributed by atoms with van der Waals surface area (Å²) in [6, 6.07) is 9.60. The van der Waals surface area contributed by atoms with E-state index in [-0.39, 0.29) is 5.71 Å². The quantitative estimate of drug-likeness (QED) is 0.766. The molecule has 0 N–H and O–H groups in total. The first-order valence-electron chi connectivity index (χ1n) is 8.42. The zero-order chi connectivity index (χ0) is 18.1. The number of nitriles is 1. The number of fused-ring (bicyclic) bond motifs is 1. The Hall–Kier alpha value is -2.91. The Balaban J connectivity index is 1.75. The molecule has 0 amide bonds. The van der Waals surface area contributed by atoms with Gasteiger partial charge in [0.05, 0.1) is 18.2 Å². The van der Waals surface area contributed by atoms with Gasteiger partial charge in [-0.15, -0.1) is 11.3 Å². The minimum Gasteiger partial charge on any atom is -0.496 e. The van der Waals surface area contributed by atoms with E-state index in [1.807, 2.05) is 18.2 Å². The minimum atomic E-state index is -0.513. The standard InChI is InChI=1S/C20H16N2O3S/c1-24-16-8-4-2-7-13(16)17-10-15(20(23)25-17)22-19-14(11-21)12-6-3-5-9-18(12)26-19/h2,4,7-8,10H,3,5-6,9H2,1H3. The van der Waals surface area contributed by atoms with Crippen LogP contribution in [0.25, 0.3) is 5.76 Å². The maximum atomic E-state index is 12.3. The van der Waals surface area contributed by atoms with Gasteiger partial charge in [-0.1, -0.05) is 12.1 Å². The lowest BCUT2D eigenvalue weighted by molar-refractivity contribution is -0.128. The number of benzene rings is 1. The summed E-state index contributed by atoms with van der Waals surface area (Å²) in [5.41, 5.74) is 2.60. The molecule has 0 atom stereocenters. The third kappa shape index (κ3) is 2.80. The van der Waals surface area contributed by atoms with Gasteiger partial charge in [-0.05, 0) is 43.4 Å². The molecule has 26 heavy (non-hydrogen) atoms. The maximum absolute atomic E-state index is 12.3. The van der Waals surface area contributed by atoms with E-state index >= 15 is 0 Å². The fraction of sp³-hybridized carbons (Fsp3) is 0.250. The first kappa shape index (κ1) is 16.6. The number of methoxy groups -OCH3 is 1. The average Bonchev–Trinajstić information content (AvgIpc) is 3.21. The van der Waals surface area contributed by atoms with Gasteiger partial charge in [-0.3, -0.25) is 0 Å². The number of hydrogen-bond acceptors (Lipinski definition) is 6. The van der Waals surface area contributed by atoms with E-state index in [0.29, 0.717) is 27.6 Å². The number of ether oxygens (including phenoxy) is 2. The predicted octanol–water partition coefficient (Wildman–Crippen LogP) is 4.18. The molecule has 0 spiro atoms. The van der Waals surface area contributed by atoms with Gasteiger partial charge in [0, 0.05) is 11.0 Å². The Morgan fingerprint density at radius 1 is 1.27 bits per heavy atom. The molecule has 130 valence electrons. The van der Waals surface area contributed by atoms with Crippen LogP contribution in [0.5, 0.6) is 5.75 Å². The Morgan fingerprint density at radius 2 is 2.08 bits per heavy atom. The number of carbonyl (C=O) groups excluding carboxylic acids is 1. The van der Waals surface area contributed by atoms with Crippen LogP contribution in [0.2, 0.25) is 0 Å². The summed E-state index contributed by atoms with van der Waals surface area (Å²) in [4.78, 5) is 18.0. The summed E-state index contributed by atoms with van der Waals surface area (Å²) >= 11 is 1.51. The Labute approximate surface area is 155 Å². The van der Waals surface area contributed by atoms with E-state index in [1.165, 1.54) is 16.2 Å². The van der Waals surface area contributed by atoms with Gasteiger partial charge >= 0.3 is 5.97 Å². The summed E-state index contributed by atoms with van der Waals surface area (Å²) in [7, 11) is 1.57. The van der Waals surface area contributed by atoms with Crippen molar-refractivity contribution in [2.24, 2.45) is 4.99 Å². The van der Waals surface area contributed by atoms with Crippen LogP contribution >= 0.6 is 11.3 Å². The van der Waals surface area contributed by atoms with E-state index in [9.17, 15) is 10.1 Å². The number of thiophene rings is 1. The van der Waals surface area contributed by atoms with Crippen LogP contribution in [-0.4, -0.2) is 18.8 Å². The van der Waals surface area contributed by atoms with Crippen molar-refractivity contribution in [3.05, 3.63) is 51.9 Å². The van der Waals surface area contributed by atoms with Gasteiger partial charge in [0.25, 0.3) is 0 Å². The number of carbonyl (C=O) groups is 1. The van der Waals surface area contributed by atoms with Crippen molar-refractivity contribution in [1.29, 1.82) is 5.26 Å². The highest BCUT2D eigenvalue weighted by molar-refractivity contribution is 7.16. The van der Waals surface area contributed by atoms with Gasteiger partial charge in [-0.2, -0.15) is 5.26 Å². The molecule has 0 saturated carbocycles. The van der Waals surface area contributed by atoms with Crippen molar-refractivity contribution >= 4 is 33.8 Å². The van der Waals surface area contributed by atoms with E-state index in [1.54, 1.807) is 19.3 Å². The van der Waals surface area contributed by atoms with Gasteiger partial charge in [0.15, 0.2) is 5.71 Å². The number of nitrogens with zero attached hydrogens (tertiary/aromatic N) is 2. The number of rotatable bonds is 3. The summed E-state index contributed by atoms with van der Waals surface area (Å²) in [5.74, 6) is 0.518. The first-order valence-corrected chi connectivity index (χ1v) is 9.23. The van der Waals surface area contributed by atoms with Gasteiger partial charge in [0.1, 0.15) is 22.6 Å². The van der Waals surface area contributed by atoms with Crippen LogP contribution in [0.1, 0.15) is 34.4 Å². The molecule has 4 rings (SSSR count). The number of esters is 1. The van der Waals surface area contributed by atoms with Crippen molar-refractivity contribution < 1.29 is 14.3 Å². The molecule has 0 bridgehead atoms. The second kappa shape index (κ2) is 6.77. The highest BCUT2D eigenvalue weighted by Gasteiger charge is 2.27. The van der Waals surface area contributed by atoms with Crippen LogP contribution in [0, 0.1) is 11.3 Å². The molecule has 1 aliphatic carbocycles. The SMILES string of the molecule is COc1ccccc1C1=CC(=Nc2sc3c(c2C#N)CCCC3)C(=O)O1. The fourth-order valence-electron chi connectivity index (χ4n) is 3.28. The molecule has 2 aliphatic rings. The van der Waals surface area contributed by atoms with E-state index < -0.39 is 5.97 Å². The molecule has 1 aromatic carbocycles. The summed E-state index contributed by atoms with van der Waals surface area (Å²) in [6.45, 7) is 0. The van der Waals surface area contributed by atoms with Crippen LogP contribution in [0.15, 0.2) is 35.3 Å². The van der Waals surface area contributed by atoms with Gasteiger partial charge in [0.2, 0.25) is 0 Å². The van der Waals surface area contributed by atoms with Crippen molar-refractivity contribution in [3.8, 4) is 11.8 Å². The number of aryl methyl sites for hydroxylation is 1. The Morgan fingerprint density at radius 3 is 2.88 bits per heavy atom. The largest absolute Gasteiger partial charge is 0.496 e. The molecule has 1 aromatic heterocycles. The van der Waals surface area contributed by atoms with Gasteiger partial charge < -0.3 is 9.47 Å². The lowest BCUT2D eigenvalue weighted by Crippen LogP contribution is -2.06. The van der Waals surface area contributed by atoms with Crippen LogP contribution < -0.4 is 4.74 Å². The molecule has 5 nitrogen and oxygen atoms in total. The number of aliphatic imine (C=N–C) groups is 1. The molecule has 0 fully saturated rings. The fourth-order valence-corrected chi connectivity index (χ4v) is 4.50. The number of hydrogen-bond donors (Lipinski definition) is 0. The van der Waals surface area contributed by atoms with Crippen molar-refractivity contribution in [2.45, 2.75) is 25.7 Å². The van der Waals surface area contributed by atoms with Crippen molar-refractivity contribution in [2.75, 3.05) is 7.11 Å². The lowest BCUT2D eigenvalue weighted by atomic mass is 9.96. The molecule has 0 saturated heterocycles. The molecule has 6 heteroatoms. The maximum Gasteiger partial charge on any atom is 0.362 e. The average molecular weight is 364 g/mol. The molecule has 0 radical (unpaired) electrons. The van der Waals surface area contributed by atoms with Crippen LogP contribution in [0.3, 0.4) is 0 Å². The smallest absolute Gasteiger partial charge is 0.362 e. The topological polar surface area (TPSA) is 71.7 Å². The minimum absolute atomic E-state index is 0.209. The Bertz CT molecular complexity index is 995. The zero-order valence-corrected chi connectivity index (χ0v) is 15.1. The monoisotopic (exact) mass is 364 g/mol. The summed E-state index contributed by atoms with van der Waals surface area (Å²) in [5, 5.41) is 10.1. The molecular weight excluding hydrogens is 348 g/mol. The number of cyclic esters (lactones) is 1. The molecular formula is C20H16N2O3S. The summed E-state index contributed by atoms with van der Waals surface area (Å²) in [6.07, 6.45) is 5.72. The van der Waals surface area contributed by atoms with Crippen LogP contribution in [0.4, 0.5) is 5.00 Å². The second-order valence-electron chi connectivity index (χ2n) is 6.10. The first-order chi connectivity index (χ1) is 12.7. The van der Waals surface area contributed by atoms with E-state index in [2.05, 4.69) is 11.1 Å². The third-order valence-corrected chi connectivity index (χ3v) is 5.72. The molecule has 2 heterocycles. The third-order valence-electron chi connectivity index (χ3n) is 4.54. The highest BCUT2D eigenvalue weighted by Crippen LogP contribution is 2.40. The van der Waals surface area contributed by atoms with Crippen LogP contribution in [-0.2, 0) is 22.4 Å². The Kier molecular flexibility index (Phi) is 4.31. The molecule has 1 aliphatic heterocycles. The lowest BCUT2D eigenvalue weighted by Gasteiger charge is -2.09. The second-order valence-corrected chi connectivity index (χ2v) is 7.18. The number of para-hydroxylation sites is 1. The molecule has 2 aromatic rings. The van der Waals surface area contributed by atoms with E-state index in [4.69, 9.17) is 9.47 Å². The summed E-state index contributed by atoms with van der Waals surface area (Å²) < 4.78 is 10.7. The molecule has 0 unspecified atom stereocenters. The van der Waals surface area contributed by atoms with Gasteiger partial charge in [-0.25, -0.2) is 9.79 Å². The normalized spacial score (nSPS) is 17.5. The van der Waals surface area contributed by atoms with Crippen molar-refractivity contribution in [1.82, 2.24) is 0 Å². The van der Waals surface area contributed by atoms with Crippen molar-refractivity contribution in [3.63, 3.8) is 0 Å². The zero-order valence-electron chi connectivity index (χ0n) is 14.2. The van der Waals surface area contributed by atoms with E-state index in [0.717, 1.165) is 31.2 Å². The highest BCUT2D eigenvalue weighted by atomic mass is 32.1. The predicted molar refractivity (Wildman–Crippen MR) is 99.8 cm³/mol.